The zero-order valence-electron chi connectivity index (χ0n) is 9.23. The van der Waals surface area contributed by atoms with Crippen molar-refractivity contribution >= 4 is 5.91 Å². The van der Waals surface area contributed by atoms with E-state index < -0.39 is 0 Å². The van der Waals surface area contributed by atoms with Crippen LogP contribution in [0.3, 0.4) is 0 Å². The molecule has 3 rings (SSSR count). The summed E-state index contributed by atoms with van der Waals surface area (Å²) in [6.07, 6.45) is 3.24. The van der Waals surface area contributed by atoms with Crippen molar-refractivity contribution in [3.8, 4) is 0 Å². The minimum absolute atomic E-state index is 0.173. The van der Waals surface area contributed by atoms with Crippen LogP contribution in [0, 0.1) is 0 Å². The number of carbonyl (C=O) groups is 1. The van der Waals surface area contributed by atoms with Crippen molar-refractivity contribution in [2.45, 2.75) is 31.3 Å². The zero-order valence-corrected chi connectivity index (χ0v) is 9.23. The molecule has 1 amide bonds. The summed E-state index contributed by atoms with van der Waals surface area (Å²) in [4.78, 5) is 14.4. The molecule has 0 N–H and O–H groups in total. The number of rotatable bonds is 1. The molecule has 2 heterocycles. The molecule has 0 radical (unpaired) electrons. The van der Waals surface area contributed by atoms with E-state index in [1.54, 1.807) is 0 Å². The van der Waals surface area contributed by atoms with Crippen molar-refractivity contribution in [1.29, 1.82) is 0 Å². The fourth-order valence-corrected chi connectivity index (χ4v) is 2.96. The SMILES string of the molecule is C=C1C[C@H]2CC[C@@H]1N2C(=O)c1ccccc1. The Hall–Kier alpha value is -1.57. The third-order valence-electron chi connectivity index (χ3n) is 3.73. The highest BCUT2D eigenvalue weighted by atomic mass is 16.2. The highest BCUT2D eigenvalue weighted by Crippen LogP contribution is 2.41. The highest BCUT2D eigenvalue weighted by molar-refractivity contribution is 5.95. The molecule has 1 aromatic rings. The summed E-state index contributed by atoms with van der Waals surface area (Å²) in [5, 5.41) is 0. The summed E-state index contributed by atoms with van der Waals surface area (Å²) < 4.78 is 0. The largest absolute Gasteiger partial charge is 0.329 e. The van der Waals surface area contributed by atoms with Gasteiger partial charge in [0.05, 0.1) is 6.04 Å². The smallest absolute Gasteiger partial charge is 0.254 e. The van der Waals surface area contributed by atoms with Crippen LogP contribution in [-0.2, 0) is 0 Å². The van der Waals surface area contributed by atoms with Gasteiger partial charge in [0.1, 0.15) is 0 Å². The molecule has 1 aromatic carbocycles. The first-order chi connectivity index (χ1) is 7.77. The monoisotopic (exact) mass is 213 g/mol. The average molecular weight is 213 g/mol. The number of hydrogen-bond donors (Lipinski definition) is 0. The van der Waals surface area contributed by atoms with Gasteiger partial charge in [-0.3, -0.25) is 4.79 Å². The minimum Gasteiger partial charge on any atom is -0.329 e. The van der Waals surface area contributed by atoms with Crippen LogP contribution in [-0.4, -0.2) is 22.9 Å². The molecule has 2 heteroatoms. The molecular formula is C14H15NO. The standard InChI is InChI=1S/C14H15NO/c1-10-9-12-7-8-13(10)15(12)14(16)11-5-3-2-4-6-11/h2-6,12-13H,1,7-9H2/t12-,13+/m1/s1. The lowest BCUT2D eigenvalue weighted by molar-refractivity contribution is 0.0736. The second-order valence-electron chi connectivity index (χ2n) is 4.69. The molecule has 2 atom stereocenters. The minimum atomic E-state index is 0.173. The van der Waals surface area contributed by atoms with Crippen molar-refractivity contribution in [3.05, 3.63) is 48.0 Å². The van der Waals surface area contributed by atoms with Crippen LogP contribution in [0.5, 0.6) is 0 Å². The van der Waals surface area contributed by atoms with Crippen molar-refractivity contribution < 1.29 is 4.79 Å². The number of benzene rings is 1. The highest BCUT2D eigenvalue weighted by Gasteiger charge is 2.44. The van der Waals surface area contributed by atoms with E-state index in [0.717, 1.165) is 24.8 Å². The van der Waals surface area contributed by atoms with Gasteiger partial charge in [-0.05, 0) is 31.4 Å². The van der Waals surface area contributed by atoms with Gasteiger partial charge >= 0.3 is 0 Å². The predicted octanol–water partition coefficient (Wildman–Crippen LogP) is 2.62. The molecule has 2 saturated heterocycles. The first-order valence-electron chi connectivity index (χ1n) is 5.83. The summed E-state index contributed by atoms with van der Waals surface area (Å²) in [6.45, 7) is 4.07. The summed E-state index contributed by atoms with van der Waals surface area (Å²) in [5.74, 6) is 0.173. The van der Waals surface area contributed by atoms with E-state index in [9.17, 15) is 4.79 Å². The predicted molar refractivity (Wildman–Crippen MR) is 63.2 cm³/mol. The Balaban J connectivity index is 1.90. The van der Waals surface area contributed by atoms with Crippen LogP contribution < -0.4 is 0 Å². The number of hydrogen-bond acceptors (Lipinski definition) is 1. The number of nitrogens with zero attached hydrogens (tertiary/aromatic N) is 1. The van der Waals surface area contributed by atoms with Gasteiger partial charge in [-0.2, -0.15) is 0 Å². The molecule has 0 spiro atoms. The summed E-state index contributed by atoms with van der Waals surface area (Å²) >= 11 is 0. The van der Waals surface area contributed by atoms with E-state index in [0.29, 0.717) is 12.1 Å². The van der Waals surface area contributed by atoms with Gasteiger partial charge in [0, 0.05) is 11.6 Å². The molecule has 0 aromatic heterocycles. The van der Waals surface area contributed by atoms with E-state index in [1.165, 1.54) is 5.57 Å². The van der Waals surface area contributed by atoms with E-state index in [1.807, 2.05) is 35.2 Å². The van der Waals surface area contributed by atoms with Crippen molar-refractivity contribution in [2.75, 3.05) is 0 Å². The van der Waals surface area contributed by atoms with Gasteiger partial charge in [0.2, 0.25) is 0 Å². The third-order valence-corrected chi connectivity index (χ3v) is 3.73. The van der Waals surface area contributed by atoms with E-state index in [-0.39, 0.29) is 5.91 Å². The fraction of sp³-hybridized carbons (Fsp3) is 0.357. The Morgan fingerprint density at radius 3 is 2.56 bits per heavy atom. The first-order valence-corrected chi connectivity index (χ1v) is 5.83. The molecule has 16 heavy (non-hydrogen) atoms. The van der Waals surface area contributed by atoms with Gasteiger partial charge in [0.15, 0.2) is 0 Å². The Kier molecular flexibility index (Phi) is 2.10. The Labute approximate surface area is 95.6 Å². The van der Waals surface area contributed by atoms with Gasteiger partial charge in [-0.25, -0.2) is 0 Å². The van der Waals surface area contributed by atoms with E-state index in [2.05, 4.69) is 6.58 Å². The number of amides is 1. The Morgan fingerprint density at radius 1 is 1.25 bits per heavy atom. The Morgan fingerprint density at radius 2 is 2.00 bits per heavy atom. The maximum absolute atomic E-state index is 12.3. The van der Waals surface area contributed by atoms with Crippen LogP contribution >= 0.6 is 0 Å². The maximum Gasteiger partial charge on any atom is 0.254 e. The van der Waals surface area contributed by atoms with E-state index >= 15 is 0 Å². The summed E-state index contributed by atoms with van der Waals surface area (Å²) in [5.41, 5.74) is 2.04. The van der Waals surface area contributed by atoms with Gasteiger partial charge in [-0.1, -0.05) is 30.4 Å². The second kappa shape index (κ2) is 3.48. The molecule has 2 nitrogen and oxygen atoms in total. The molecule has 2 bridgehead atoms. The van der Waals surface area contributed by atoms with Crippen LogP contribution in [0.1, 0.15) is 29.6 Å². The maximum atomic E-state index is 12.3. The van der Waals surface area contributed by atoms with Crippen LogP contribution in [0.25, 0.3) is 0 Å². The lowest BCUT2D eigenvalue weighted by atomic mass is 9.97. The second-order valence-corrected chi connectivity index (χ2v) is 4.69. The van der Waals surface area contributed by atoms with Crippen LogP contribution in [0.4, 0.5) is 0 Å². The van der Waals surface area contributed by atoms with Crippen molar-refractivity contribution in [2.24, 2.45) is 0 Å². The molecule has 82 valence electrons. The number of carbonyl (C=O) groups excluding carboxylic acids is 1. The summed E-state index contributed by atoms with van der Waals surface area (Å²) in [7, 11) is 0. The van der Waals surface area contributed by atoms with Gasteiger partial charge in [0.25, 0.3) is 5.91 Å². The third kappa shape index (κ3) is 1.29. The quantitative estimate of drug-likeness (QED) is 0.657. The molecular weight excluding hydrogens is 198 g/mol. The lowest BCUT2D eigenvalue weighted by Crippen LogP contribution is -2.35. The molecule has 0 unspecified atom stereocenters. The summed E-state index contributed by atoms with van der Waals surface area (Å²) in [6, 6.07) is 10.3. The molecule has 2 aliphatic rings. The number of fused-ring (bicyclic) bond motifs is 2. The molecule has 0 saturated carbocycles. The van der Waals surface area contributed by atoms with E-state index in [4.69, 9.17) is 0 Å². The van der Waals surface area contributed by atoms with Crippen molar-refractivity contribution in [3.63, 3.8) is 0 Å². The topological polar surface area (TPSA) is 20.3 Å². The van der Waals surface area contributed by atoms with Crippen LogP contribution in [0.2, 0.25) is 0 Å². The van der Waals surface area contributed by atoms with Crippen LogP contribution in [0.15, 0.2) is 42.5 Å². The van der Waals surface area contributed by atoms with Gasteiger partial charge < -0.3 is 4.90 Å². The normalized spacial score (nSPS) is 27.5. The zero-order chi connectivity index (χ0) is 11.1. The first kappa shape index (κ1) is 9.64. The molecule has 2 aliphatic heterocycles. The molecule has 0 aliphatic carbocycles. The molecule has 2 fully saturated rings. The Bertz CT molecular complexity index is 437. The fourth-order valence-electron chi connectivity index (χ4n) is 2.96. The lowest BCUT2D eigenvalue weighted by Gasteiger charge is -2.21. The van der Waals surface area contributed by atoms with Crippen molar-refractivity contribution in [1.82, 2.24) is 4.90 Å². The van der Waals surface area contributed by atoms with Gasteiger partial charge in [-0.15, -0.1) is 0 Å². The average Bonchev–Trinajstić information content (AvgIpc) is 2.85.